The maximum Gasteiger partial charge on any atom is 0.168 e. The number of hydrogen-bond donors (Lipinski definition) is 0. The molecule has 0 bridgehead atoms. The molecule has 0 saturated heterocycles. The van der Waals surface area contributed by atoms with Gasteiger partial charge in [-0.3, -0.25) is 4.57 Å². The van der Waals surface area contributed by atoms with Gasteiger partial charge in [-0.15, -0.1) is 21.5 Å². The van der Waals surface area contributed by atoms with Crippen molar-refractivity contribution in [1.29, 1.82) is 0 Å². The van der Waals surface area contributed by atoms with Gasteiger partial charge in [-0.2, -0.15) is 0 Å². The molecule has 5 nitrogen and oxygen atoms in total. The molecule has 0 unspecified atom stereocenters. The molecule has 0 aliphatic carbocycles. The fourth-order valence-electron chi connectivity index (χ4n) is 8.74. The fraction of sp³-hybridized carbons (Fsp3) is 0. The SMILES string of the molecule is c1ccc(-c2nnc(-c3ccccc3)n2-c2ccc3c4ccccc4n(-c4cccc(-n5c6ccccc6c6c7sc8ccccc8c7ccc65)c4)c3c2)cc1. The van der Waals surface area contributed by atoms with Crippen LogP contribution in [-0.4, -0.2) is 23.9 Å². The minimum Gasteiger partial charge on any atom is -0.309 e. The first kappa shape index (κ1) is 31.1. The fourth-order valence-corrected chi connectivity index (χ4v) is 10.00. The topological polar surface area (TPSA) is 40.6 Å². The summed E-state index contributed by atoms with van der Waals surface area (Å²) in [5, 5.41) is 17.1. The normalized spacial score (nSPS) is 11.9. The second-order valence-corrected chi connectivity index (χ2v) is 15.3. The summed E-state index contributed by atoms with van der Waals surface area (Å²) in [7, 11) is 0. The molecule has 0 aliphatic rings. The van der Waals surface area contributed by atoms with Crippen molar-refractivity contribution in [2.24, 2.45) is 0 Å². The Hall–Kier alpha value is -7.28. The number of benzene rings is 8. The highest BCUT2D eigenvalue weighted by Crippen LogP contribution is 2.44. The molecule has 0 fully saturated rings. The van der Waals surface area contributed by atoms with Gasteiger partial charge in [0.05, 0.1) is 27.8 Å². The first-order valence-electron chi connectivity index (χ1n) is 18.8. The molecule has 0 aliphatic heterocycles. The quantitative estimate of drug-likeness (QED) is 0.177. The van der Waals surface area contributed by atoms with Gasteiger partial charge in [0.1, 0.15) is 0 Å². The molecule has 4 heterocycles. The Morgan fingerprint density at radius 1 is 0.339 bits per heavy atom. The minimum absolute atomic E-state index is 0.799. The van der Waals surface area contributed by atoms with E-state index in [9.17, 15) is 0 Å². The molecule has 0 amide bonds. The first-order chi connectivity index (χ1) is 27.8. The van der Waals surface area contributed by atoms with Crippen molar-refractivity contribution in [2.75, 3.05) is 0 Å². The van der Waals surface area contributed by atoms with Crippen molar-refractivity contribution in [1.82, 2.24) is 23.9 Å². The molecule has 12 rings (SSSR count). The van der Waals surface area contributed by atoms with Gasteiger partial charge in [0.2, 0.25) is 0 Å². The van der Waals surface area contributed by atoms with E-state index in [1.807, 2.05) is 47.7 Å². The second-order valence-electron chi connectivity index (χ2n) is 14.3. The summed E-state index contributed by atoms with van der Waals surface area (Å²) in [5.41, 5.74) is 9.90. The van der Waals surface area contributed by atoms with Crippen LogP contribution in [0.1, 0.15) is 0 Å². The van der Waals surface area contributed by atoms with Crippen LogP contribution in [0.4, 0.5) is 0 Å². The number of aromatic nitrogens is 5. The van der Waals surface area contributed by atoms with E-state index in [1.54, 1.807) is 0 Å². The zero-order valence-corrected chi connectivity index (χ0v) is 30.9. The Morgan fingerprint density at radius 3 is 1.59 bits per heavy atom. The largest absolute Gasteiger partial charge is 0.309 e. The zero-order chi connectivity index (χ0) is 36.7. The van der Waals surface area contributed by atoms with Gasteiger partial charge in [-0.05, 0) is 54.6 Å². The predicted molar refractivity (Wildman–Crippen MR) is 234 cm³/mol. The molecule has 12 aromatic rings. The van der Waals surface area contributed by atoms with Crippen molar-refractivity contribution < 1.29 is 0 Å². The maximum atomic E-state index is 4.77. The third-order valence-electron chi connectivity index (χ3n) is 11.2. The summed E-state index contributed by atoms with van der Waals surface area (Å²) >= 11 is 1.89. The predicted octanol–water partition coefficient (Wildman–Crippen LogP) is 13.2. The molecule has 262 valence electrons. The number of fused-ring (bicyclic) bond motifs is 10. The number of nitrogens with zero attached hydrogens (tertiary/aromatic N) is 5. The third-order valence-corrected chi connectivity index (χ3v) is 12.4. The number of rotatable bonds is 5. The Morgan fingerprint density at radius 2 is 0.875 bits per heavy atom. The molecular formula is C50H31N5S. The van der Waals surface area contributed by atoms with E-state index in [-0.39, 0.29) is 0 Å². The standard InChI is InChI=1S/C50H31N5S/c1-3-14-32(15-4-1)49-51-52-50(33-16-5-2-6-17-33)55(49)36-26-27-38-37-20-7-10-23-42(37)54(45(38)31-36)35-19-13-18-34(30-35)53-43-24-11-8-22-41(43)47-44(53)29-28-40-39-21-9-12-25-46(39)56-48(40)47/h1-31H. The van der Waals surface area contributed by atoms with Crippen LogP contribution in [0.2, 0.25) is 0 Å². The lowest BCUT2D eigenvalue weighted by Gasteiger charge is -2.14. The van der Waals surface area contributed by atoms with Gasteiger partial charge in [0, 0.05) is 64.2 Å². The van der Waals surface area contributed by atoms with E-state index in [0.29, 0.717) is 0 Å². The Balaban J connectivity index is 1.10. The first-order valence-corrected chi connectivity index (χ1v) is 19.7. The number of para-hydroxylation sites is 2. The second kappa shape index (κ2) is 12.1. The van der Waals surface area contributed by atoms with Crippen molar-refractivity contribution >= 4 is 75.1 Å². The maximum absolute atomic E-state index is 4.77. The summed E-state index contributed by atoms with van der Waals surface area (Å²) in [5.74, 6) is 1.60. The molecule has 0 radical (unpaired) electrons. The van der Waals surface area contributed by atoms with Crippen molar-refractivity contribution in [3.8, 4) is 39.8 Å². The third kappa shape index (κ3) is 4.54. The molecule has 0 atom stereocenters. The van der Waals surface area contributed by atoms with E-state index in [1.165, 1.54) is 52.8 Å². The van der Waals surface area contributed by atoms with Crippen LogP contribution in [0.3, 0.4) is 0 Å². The van der Waals surface area contributed by atoms with Crippen LogP contribution >= 0.6 is 11.3 Å². The van der Waals surface area contributed by atoms with Gasteiger partial charge >= 0.3 is 0 Å². The Labute approximate surface area is 325 Å². The van der Waals surface area contributed by atoms with Crippen LogP contribution in [0.25, 0.3) is 104 Å². The number of thiophene rings is 1. The van der Waals surface area contributed by atoms with E-state index >= 15 is 0 Å². The summed E-state index contributed by atoms with van der Waals surface area (Å²) in [6, 6.07) is 67.3. The van der Waals surface area contributed by atoms with Crippen molar-refractivity contribution in [3.63, 3.8) is 0 Å². The molecule has 8 aromatic carbocycles. The molecule has 0 N–H and O–H groups in total. The van der Waals surface area contributed by atoms with Gasteiger partial charge in [-0.1, -0.05) is 133 Å². The molecule has 0 saturated carbocycles. The van der Waals surface area contributed by atoms with E-state index in [0.717, 1.165) is 50.9 Å². The summed E-state index contributed by atoms with van der Waals surface area (Å²) in [6.07, 6.45) is 0. The summed E-state index contributed by atoms with van der Waals surface area (Å²) < 4.78 is 9.69. The van der Waals surface area contributed by atoms with Gasteiger partial charge in [0.15, 0.2) is 11.6 Å². The monoisotopic (exact) mass is 733 g/mol. The minimum atomic E-state index is 0.799. The Bertz CT molecular complexity index is 3420. The lowest BCUT2D eigenvalue weighted by atomic mass is 10.1. The molecule has 4 aromatic heterocycles. The highest BCUT2D eigenvalue weighted by molar-refractivity contribution is 7.26. The number of hydrogen-bond acceptors (Lipinski definition) is 3. The van der Waals surface area contributed by atoms with E-state index in [4.69, 9.17) is 10.2 Å². The highest BCUT2D eigenvalue weighted by atomic mass is 32.1. The van der Waals surface area contributed by atoms with Gasteiger partial charge in [0.25, 0.3) is 0 Å². The highest BCUT2D eigenvalue weighted by Gasteiger charge is 2.21. The molecule has 6 heteroatoms. The lowest BCUT2D eigenvalue weighted by molar-refractivity contribution is 1.07. The molecular weight excluding hydrogens is 703 g/mol. The van der Waals surface area contributed by atoms with Gasteiger partial charge < -0.3 is 9.13 Å². The van der Waals surface area contributed by atoms with E-state index in [2.05, 4.69) is 165 Å². The average molecular weight is 734 g/mol. The lowest BCUT2D eigenvalue weighted by Crippen LogP contribution is -2.02. The van der Waals surface area contributed by atoms with Crippen LogP contribution in [0.15, 0.2) is 188 Å². The van der Waals surface area contributed by atoms with Crippen molar-refractivity contribution in [2.45, 2.75) is 0 Å². The smallest absolute Gasteiger partial charge is 0.168 e. The van der Waals surface area contributed by atoms with Crippen LogP contribution in [-0.2, 0) is 0 Å². The van der Waals surface area contributed by atoms with Gasteiger partial charge in [-0.25, -0.2) is 0 Å². The summed E-state index contributed by atoms with van der Waals surface area (Å²) in [4.78, 5) is 0. The summed E-state index contributed by atoms with van der Waals surface area (Å²) in [6.45, 7) is 0. The Kier molecular flexibility index (Phi) is 6.73. The van der Waals surface area contributed by atoms with Crippen LogP contribution < -0.4 is 0 Å². The van der Waals surface area contributed by atoms with Crippen molar-refractivity contribution in [3.05, 3.63) is 188 Å². The molecule has 0 spiro atoms. The average Bonchev–Trinajstić information content (AvgIpc) is 4.03. The molecule has 56 heavy (non-hydrogen) atoms. The van der Waals surface area contributed by atoms with E-state index < -0.39 is 0 Å². The van der Waals surface area contributed by atoms with Crippen LogP contribution in [0, 0.1) is 0 Å². The van der Waals surface area contributed by atoms with Crippen LogP contribution in [0.5, 0.6) is 0 Å². The zero-order valence-electron chi connectivity index (χ0n) is 30.0.